The lowest BCUT2D eigenvalue weighted by atomic mass is 9.84. The van der Waals surface area contributed by atoms with Crippen molar-refractivity contribution in [1.29, 1.82) is 0 Å². The van der Waals surface area contributed by atoms with Crippen LogP contribution in [0.2, 0.25) is 0 Å². The number of aliphatic carboxylic acids is 1. The van der Waals surface area contributed by atoms with Crippen LogP contribution in [0, 0.1) is 24.1 Å². The van der Waals surface area contributed by atoms with Crippen LogP contribution in [0.5, 0.6) is 0 Å². The summed E-state index contributed by atoms with van der Waals surface area (Å²) in [5.41, 5.74) is 0.545. The van der Waals surface area contributed by atoms with Crippen molar-refractivity contribution in [2.45, 2.75) is 34.1 Å². The van der Waals surface area contributed by atoms with Gasteiger partial charge in [-0.3, -0.25) is 9.59 Å². The fourth-order valence-electron chi connectivity index (χ4n) is 2.11. The molecule has 0 radical (unpaired) electrons. The van der Waals surface area contributed by atoms with Crippen LogP contribution in [0.4, 0.5) is 4.39 Å². The first-order valence-electron chi connectivity index (χ1n) is 6.87. The van der Waals surface area contributed by atoms with Crippen molar-refractivity contribution in [3.05, 3.63) is 35.1 Å². The van der Waals surface area contributed by atoms with Crippen LogP contribution in [0.25, 0.3) is 0 Å². The molecule has 5 heteroatoms. The van der Waals surface area contributed by atoms with Crippen molar-refractivity contribution in [2.24, 2.45) is 11.3 Å². The van der Waals surface area contributed by atoms with Crippen LogP contribution in [0.1, 0.15) is 43.1 Å². The van der Waals surface area contributed by atoms with Crippen LogP contribution < -0.4 is 5.32 Å². The van der Waals surface area contributed by atoms with Crippen molar-refractivity contribution in [3.8, 4) is 0 Å². The fraction of sp³-hybridized carbons (Fsp3) is 0.500. The lowest BCUT2D eigenvalue weighted by Gasteiger charge is -2.23. The molecule has 4 nitrogen and oxygen atoms in total. The van der Waals surface area contributed by atoms with Gasteiger partial charge in [-0.1, -0.05) is 32.4 Å². The maximum atomic E-state index is 13.6. The maximum Gasteiger partial charge on any atom is 0.308 e. The number of aryl methyl sites for hydroxylation is 1. The number of hydrogen-bond donors (Lipinski definition) is 2. The number of carbonyl (C=O) groups is 2. The zero-order valence-corrected chi connectivity index (χ0v) is 12.9. The van der Waals surface area contributed by atoms with Crippen molar-refractivity contribution in [2.75, 3.05) is 6.54 Å². The number of carbonyl (C=O) groups excluding carboxylic acids is 1. The fourth-order valence-corrected chi connectivity index (χ4v) is 2.11. The van der Waals surface area contributed by atoms with Gasteiger partial charge in [-0.05, 0) is 30.9 Å². The summed E-state index contributed by atoms with van der Waals surface area (Å²) in [4.78, 5) is 23.2. The summed E-state index contributed by atoms with van der Waals surface area (Å²) in [6.45, 7) is 7.55. The Labute approximate surface area is 124 Å². The van der Waals surface area contributed by atoms with E-state index in [9.17, 15) is 19.1 Å². The van der Waals surface area contributed by atoms with Crippen LogP contribution in [-0.4, -0.2) is 23.5 Å². The van der Waals surface area contributed by atoms with Gasteiger partial charge in [0.05, 0.1) is 11.5 Å². The van der Waals surface area contributed by atoms with Crippen LogP contribution >= 0.6 is 0 Å². The maximum absolute atomic E-state index is 13.6. The second kappa shape index (κ2) is 6.70. The zero-order valence-electron chi connectivity index (χ0n) is 12.9. The highest BCUT2D eigenvalue weighted by molar-refractivity contribution is 5.94. The van der Waals surface area contributed by atoms with E-state index in [-0.39, 0.29) is 17.5 Å². The highest BCUT2D eigenvalue weighted by Gasteiger charge is 2.25. The number of carboxylic acids is 1. The van der Waals surface area contributed by atoms with E-state index in [0.29, 0.717) is 6.42 Å². The minimum Gasteiger partial charge on any atom is -0.481 e. The number of rotatable bonds is 5. The number of hydrogen-bond acceptors (Lipinski definition) is 2. The van der Waals surface area contributed by atoms with Gasteiger partial charge in [0.1, 0.15) is 5.82 Å². The Bertz CT molecular complexity index is 535. The zero-order chi connectivity index (χ0) is 16.2. The molecule has 0 aliphatic rings. The molecule has 1 aromatic rings. The summed E-state index contributed by atoms with van der Waals surface area (Å²) in [5.74, 6) is -2.85. The third kappa shape index (κ3) is 5.53. The van der Waals surface area contributed by atoms with Gasteiger partial charge in [-0.15, -0.1) is 0 Å². The van der Waals surface area contributed by atoms with E-state index < -0.39 is 23.6 Å². The first-order valence-corrected chi connectivity index (χ1v) is 6.87. The number of nitrogens with one attached hydrogen (secondary N) is 1. The monoisotopic (exact) mass is 295 g/mol. The third-order valence-corrected chi connectivity index (χ3v) is 3.08. The Morgan fingerprint density at radius 3 is 2.48 bits per heavy atom. The van der Waals surface area contributed by atoms with Gasteiger partial charge >= 0.3 is 5.97 Å². The van der Waals surface area contributed by atoms with E-state index in [0.717, 1.165) is 5.56 Å². The Balaban J connectivity index is 2.74. The average Bonchev–Trinajstić information content (AvgIpc) is 2.35. The average molecular weight is 295 g/mol. The normalized spacial score (nSPS) is 12.8. The molecule has 116 valence electrons. The lowest BCUT2D eigenvalue weighted by molar-refractivity contribution is -0.142. The van der Waals surface area contributed by atoms with Crippen LogP contribution in [0.15, 0.2) is 18.2 Å². The molecule has 1 atom stereocenters. The van der Waals surface area contributed by atoms with Gasteiger partial charge in [0.25, 0.3) is 5.91 Å². The van der Waals surface area contributed by atoms with Crippen molar-refractivity contribution in [3.63, 3.8) is 0 Å². The Hall–Kier alpha value is -1.91. The van der Waals surface area contributed by atoms with E-state index in [1.165, 1.54) is 12.1 Å². The minimum absolute atomic E-state index is 0.0151. The Morgan fingerprint density at radius 2 is 1.95 bits per heavy atom. The lowest BCUT2D eigenvalue weighted by Crippen LogP contribution is -2.35. The first kappa shape index (κ1) is 17.1. The number of halogens is 1. The molecule has 1 unspecified atom stereocenters. The minimum atomic E-state index is -0.963. The van der Waals surface area contributed by atoms with Gasteiger partial charge in [-0.25, -0.2) is 4.39 Å². The molecule has 1 amide bonds. The van der Waals surface area contributed by atoms with Crippen molar-refractivity contribution in [1.82, 2.24) is 5.32 Å². The molecule has 0 aromatic heterocycles. The predicted molar refractivity (Wildman–Crippen MR) is 78.7 cm³/mol. The molecule has 0 saturated carbocycles. The summed E-state index contributed by atoms with van der Waals surface area (Å²) in [5, 5.41) is 11.7. The topological polar surface area (TPSA) is 66.4 Å². The van der Waals surface area contributed by atoms with Crippen LogP contribution in [0.3, 0.4) is 0 Å². The SMILES string of the molecule is Cc1ccc(F)c(C(=O)NCC(CC(C)(C)C)C(=O)O)c1. The molecule has 1 rings (SSSR count). The molecule has 0 bridgehead atoms. The molecule has 0 spiro atoms. The Kier molecular flexibility index (Phi) is 5.47. The summed E-state index contributed by atoms with van der Waals surface area (Å²) in [6, 6.07) is 4.25. The van der Waals surface area contributed by atoms with Gasteiger partial charge in [0, 0.05) is 6.54 Å². The highest BCUT2D eigenvalue weighted by atomic mass is 19.1. The molecular formula is C16H22FNO3. The second-order valence-corrected chi connectivity index (χ2v) is 6.49. The molecule has 0 aliphatic heterocycles. The summed E-state index contributed by atoms with van der Waals surface area (Å²) < 4.78 is 13.6. The van der Waals surface area contributed by atoms with Gasteiger partial charge in [-0.2, -0.15) is 0 Å². The number of amides is 1. The highest BCUT2D eigenvalue weighted by Crippen LogP contribution is 2.24. The van der Waals surface area contributed by atoms with E-state index in [4.69, 9.17) is 0 Å². The number of carboxylic acid groups (broad SMARTS) is 1. The second-order valence-electron chi connectivity index (χ2n) is 6.49. The summed E-state index contributed by atoms with van der Waals surface area (Å²) >= 11 is 0. The van der Waals surface area contributed by atoms with E-state index in [1.807, 2.05) is 20.8 Å². The summed E-state index contributed by atoms with van der Waals surface area (Å²) in [6.07, 6.45) is 0.429. The quantitative estimate of drug-likeness (QED) is 0.877. The number of benzene rings is 1. The Morgan fingerprint density at radius 1 is 1.33 bits per heavy atom. The smallest absolute Gasteiger partial charge is 0.308 e. The van der Waals surface area contributed by atoms with E-state index in [1.54, 1.807) is 13.0 Å². The largest absolute Gasteiger partial charge is 0.481 e. The molecule has 1 aromatic carbocycles. The van der Waals surface area contributed by atoms with Gasteiger partial charge in [0.2, 0.25) is 0 Å². The standard InChI is InChI=1S/C16H22FNO3/c1-10-5-6-13(17)12(7-10)14(19)18-9-11(15(20)21)8-16(2,3)4/h5-7,11H,8-9H2,1-4H3,(H,18,19)(H,20,21). The predicted octanol–water partition coefficient (Wildman–Crippen LogP) is 3.00. The van der Waals surface area contributed by atoms with Crippen molar-refractivity contribution >= 4 is 11.9 Å². The molecule has 0 heterocycles. The van der Waals surface area contributed by atoms with Crippen molar-refractivity contribution < 1.29 is 19.1 Å². The van der Waals surface area contributed by atoms with Gasteiger partial charge < -0.3 is 10.4 Å². The summed E-state index contributed by atoms with van der Waals surface area (Å²) in [7, 11) is 0. The van der Waals surface area contributed by atoms with E-state index >= 15 is 0 Å². The molecule has 2 N–H and O–H groups in total. The van der Waals surface area contributed by atoms with Gasteiger partial charge in [0.15, 0.2) is 0 Å². The van der Waals surface area contributed by atoms with Crippen LogP contribution in [-0.2, 0) is 4.79 Å². The first-order chi connectivity index (χ1) is 9.60. The molecule has 0 aliphatic carbocycles. The third-order valence-electron chi connectivity index (χ3n) is 3.08. The molecular weight excluding hydrogens is 273 g/mol. The molecule has 0 saturated heterocycles. The molecule has 0 fully saturated rings. The molecule has 21 heavy (non-hydrogen) atoms. The van der Waals surface area contributed by atoms with E-state index in [2.05, 4.69) is 5.32 Å².